The average Bonchev–Trinajstić information content (AvgIpc) is 3.18. The zero-order valence-electron chi connectivity index (χ0n) is 17.6. The Bertz CT molecular complexity index is 1110. The number of hydrogen-bond donors (Lipinski definition) is 0. The molecule has 0 saturated carbocycles. The van der Waals surface area contributed by atoms with Gasteiger partial charge in [-0.25, -0.2) is 9.78 Å². The molecule has 0 fully saturated rings. The summed E-state index contributed by atoms with van der Waals surface area (Å²) in [4.78, 5) is 37.0. The van der Waals surface area contributed by atoms with Gasteiger partial charge >= 0.3 is 5.97 Å². The number of pyridine rings is 1. The van der Waals surface area contributed by atoms with Crippen LogP contribution in [0.15, 0.2) is 42.6 Å². The van der Waals surface area contributed by atoms with Crippen LogP contribution >= 0.6 is 11.3 Å². The van der Waals surface area contributed by atoms with E-state index < -0.39 is 12.0 Å². The lowest BCUT2D eigenvalue weighted by atomic mass is 10.1. The maximum atomic E-state index is 12.7. The van der Waals surface area contributed by atoms with E-state index in [1.54, 1.807) is 24.5 Å². The predicted molar refractivity (Wildman–Crippen MR) is 119 cm³/mol. The fourth-order valence-corrected chi connectivity index (χ4v) is 4.53. The first kappa shape index (κ1) is 21.0. The number of rotatable bonds is 6. The van der Waals surface area contributed by atoms with Crippen LogP contribution in [0.4, 0.5) is 5.69 Å². The standard InChI is InChI=1S/C23H23N3O4S/c1-4-17(23(28)29-5-2)26-18-12-15(9-10-19(18)30-13-20(26)27)21-14(3)31-22(25-21)16-8-6-7-11-24-16/h6-12,17H,4-5,13H2,1-3H3. The van der Waals surface area contributed by atoms with Crippen molar-refractivity contribution in [1.82, 2.24) is 9.97 Å². The van der Waals surface area contributed by atoms with Crippen LogP contribution in [0.2, 0.25) is 0 Å². The van der Waals surface area contributed by atoms with Crippen molar-refractivity contribution in [3.8, 4) is 27.7 Å². The molecule has 0 N–H and O–H groups in total. The number of fused-ring (bicyclic) bond motifs is 1. The number of nitrogens with zero attached hydrogens (tertiary/aromatic N) is 3. The SMILES string of the molecule is CCOC(=O)C(CC)N1C(=O)COc2ccc(-c3nc(-c4ccccn4)sc3C)cc21. The second-order valence-electron chi connectivity index (χ2n) is 7.05. The van der Waals surface area contributed by atoms with Crippen molar-refractivity contribution in [2.75, 3.05) is 18.1 Å². The van der Waals surface area contributed by atoms with Crippen molar-refractivity contribution < 1.29 is 19.1 Å². The molecule has 3 heterocycles. The second-order valence-corrected chi connectivity index (χ2v) is 8.25. The molecule has 8 heteroatoms. The van der Waals surface area contributed by atoms with Gasteiger partial charge in [-0.15, -0.1) is 11.3 Å². The van der Waals surface area contributed by atoms with Crippen molar-refractivity contribution in [3.05, 3.63) is 47.5 Å². The molecule has 160 valence electrons. The summed E-state index contributed by atoms with van der Waals surface area (Å²) in [5.41, 5.74) is 3.03. The lowest BCUT2D eigenvalue weighted by Crippen LogP contribution is -2.49. The molecule has 1 amide bonds. The fraction of sp³-hybridized carbons (Fsp3) is 0.304. The third-order valence-electron chi connectivity index (χ3n) is 5.05. The molecule has 0 spiro atoms. The highest BCUT2D eigenvalue weighted by Crippen LogP contribution is 2.40. The molecule has 0 radical (unpaired) electrons. The topological polar surface area (TPSA) is 81.6 Å². The normalized spacial score (nSPS) is 14.0. The summed E-state index contributed by atoms with van der Waals surface area (Å²) in [6, 6.07) is 10.6. The minimum atomic E-state index is -0.703. The van der Waals surface area contributed by atoms with Crippen LogP contribution in [0, 0.1) is 6.92 Å². The number of ether oxygens (including phenoxy) is 2. The summed E-state index contributed by atoms with van der Waals surface area (Å²) in [5, 5.41) is 0.827. The Hall–Kier alpha value is -3.26. The monoisotopic (exact) mass is 437 g/mol. The highest BCUT2D eigenvalue weighted by Gasteiger charge is 2.36. The molecule has 0 saturated heterocycles. The minimum Gasteiger partial charge on any atom is -0.482 e. The number of aryl methyl sites for hydroxylation is 1. The van der Waals surface area contributed by atoms with E-state index in [4.69, 9.17) is 14.5 Å². The van der Waals surface area contributed by atoms with Gasteiger partial charge in [-0.1, -0.05) is 13.0 Å². The number of anilines is 1. The third kappa shape index (κ3) is 4.03. The zero-order chi connectivity index (χ0) is 22.0. The van der Waals surface area contributed by atoms with E-state index in [0.29, 0.717) is 17.9 Å². The maximum Gasteiger partial charge on any atom is 0.329 e. The Morgan fingerprint density at radius 3 is 2.84 bits per heavy atom. The van der Waals surface area contributed by atoms with Crippen molar-refractivity contribution >= 4 is 28.9 Å². The summed E-state index contributed by atoms with van der Waals surface area (Å²) in [6.07, 6.45) is 2.18. The second kappa shape index (κ2) is 8.85. The zero-order valence-corrected chi connectivity index (χ0v) is 18.4. The number of hydrogen-bond acceptors (Lipinski definition) is 7. The maximum absolute atomic E-state index is 12.7. The quantitative estimate of drug-likeness (QED) is 0.537. The molecule has 7 nitrogen and oxygen atoms in total. The summed E-state index contributed by atoms with van der Waals surface area (Å²) in [7, 11) is 0. The van der Waals surface area contributed by atoms with Crippen molar-refractivity contribution in [1.29, 1.82) is 0 Å². The molecular weight excluding hydrogens is 414 g/mol. The van der Waals surface area contributed by atoms with E-state index in [9.17, 15) is 9.59 Å². The van der Waals surface area contributed by atoms with Gasteiger partial charge in [-0.05, 0) is 50.6 Å². The van der Waals surface area contributed by atoms with Crippen molar-refractivity contribution in [3.63, 3.8) is 0 Å². The highest BCUT2D eigenvalue weighted by molar-refractivity contribution is 7.15. The number of benzene rings is 1. The van der Waals surface area contributed by atoms with Crippen LogP contribution in [-0.4, -0.2) is 41.1 Å². The molecule has 31 heavy (non-hydrogen) atoms. The van der Waals surface area contributed by atoms with Gasteiger partial charge in [-0.2, -0.15) is 0 Å². The van der Waals surface area contributed by atoms with Crippen LogP contribution in [0.3, 0.4) is 0 Å². The Kier molecular flexibility index (Phi) is 5.99. The van der Waals surface area contributed by atoms with E-state index in [1.807, 2.05) is 50.2 Å². The largest absolute Gasteiger partial charge is 0.482 e. The molecule has 1 aliphatic heterocycles. The molecule has 4 rings (SSSR count). The third-order valence-corrected chi connectivity index (χ3v) is 6.04. The van der Waals surface area contributed by atoms with Gasteiger partial charge in [-0.3, -0.25) is 14.7 Å². The summed E-state index contributed by atoms with van der Waals surface area (Å²) in [5.74, 6) is -0.128. The summed E-state index contributed by atoms with van der Waals surface area (Å²) < 4.78 is 10.8. The van der Waals surface area contributed by atoms with Crippen molar-refractivity contribution in [2.45, 2.75) is 33.2 Å². The van der Waals surface area contributed by atoms with Gasteiger partial charge in [0.15, 0.2) is 6.61 Å². The van der Waals surface area contributed by atoms with Gasteiger partial charge in [0.25, 0.3) is 5.91 Å². The highest BCUT2D eigenvalue weighted by atomic mass is 32.1. The number of carbonyl (C=O) groups is 2. The number of thiazole rings is 1. The first-order chi connectivity index (χ1) is 15.0. The Morgan fingerprint density at radius 1 is 1.29 bits per heavy atom. The van der Waals surface area contributed by atoms with E-state index >= 15 is 0 Å². The van der Waals surface area contributed by atoms with Crippen LogP contribution in [0.5, 0.6) is 5.75 Å². The van der Waals surface area contributed by atoms with Crippen molar-refractivity contribution in [2.24, 2.45) is 0 Å². The average molecular weight is 438 g/mol. The Morgan fingerprint density at radius 2 is 2.13 bits per heavy atom. The lowest BCUT2D eigenvalue weighted by molar-refractivity contribution is -0.146. The van der Waals surface area contributed by atoms with Gasteiger partial charge in [0.1, 0.15) is 16.8 Å². The summed E-state index contributed by atoms with van der Waals surface area (Å²) in [6.45, 7) is 5.77. The lowest BCUT2D eigenvalue weighted by Gasteiger charge is -2.34. The molecule has 2 aromatic heterocycles. The minimum absolute atomic E-state index is 0.109. The van der Waals surface area contributed by atoms with Gasteiger partial charge in [0.05, 0.1) is 23.7 Å². The van der Waals surface area contributed by atoms with E-state index in [0.717, 1.165) is 26.8 Å². The molecule has 1 unspecified atom stereocenters. The number of amides is 1. The van der Waals surface area contributed by atoms with Crippen LogP contribution in [0.25, 0.3) is 22.0 Å². The smallest absolute Gasteiger partial charge is 0.329 e. The Labute approximate surface area is 184 Å². The van der Waals surface area contributed by atoms with E-state index in [2.05, 4.69) is 4.98 Å². The van der Waals surface area contributed by atoms with E-state index in [1.165, 1.54) is 4.90 Å². The molecule has 1 aliphatic rings. The first-order valence-electron chi connectivity index (χ1n) is 10.2. The molecule has 1 atom stereocenters. The molecule has 0 aliphatic carbocycles. The van der Waals surface area contributed by atoms with Gasteiger partial charge < -0.3 is 9.47 Å². The van der Waals surface area contributed by atoms with E-state index in [-0.39, 0.29) is 19.1 Å². The van der Waals surface area contributed by atoms with Crippen LogP contribution in [-0.2, 0) is 14.3 Å². The van der Waals surface area contributed by atoms with Gasteiger partial charge in [0.2, 0.25) is 0 Å². The van der Waals surface area contributed by atoms with Crippen LogP contribution in [0.1, 0.15) is 25.1 Å². The number of carbonyl (C=O) groups excluding carboxylic acids is 2. The molecular formula is C23H23N3O4S. The predicted octanol–water partition coefficient (Wildman–Crippen LogP) is 4.25. The number of esters is 1. The van der Waals surface area contributed by atoms with Gasteiger partial charge in [0, 0.05) is 16.6 Å². The summed E-state index contributed by atoms with van der Waals surface area (Å²) >= 11 is 1.56. The molecule has 1 aromatic carbocycles. The Balaban J connectivity index is 1.76. The first-order valence-corrected chi connectivity index (χ1v) is 11.0. The van der Waals surface area contributed by atoms with Crippen LogP contribution < -0.4 is 9.64 Å². The molecule has 0 bridgehead atoms. The molecule has 3 aromatic rings. The fourth-order valence-electron chi connectivity index (χ4n) is 3.62. The number of aromatic nitrogens is 2.